The molecule has 2 saturated heterocycles. The van der Waals surface area contributed by atoms with Gasteiger partial charge in [-0.1, -0.05) is 0 Å². The molecular formula is C10H15F2NO2. The van der Waals surface area contributed by atoms with E-state index in [0.717, 1.165) is 12.8 Å². The van der Waals surface area contributed by atoms with Gasteiger partial charge in [0.15, 0.2) is 0 Å². The van der Waals surface area contributed by atoms with Gasteiger partial charge in [0.2, 0.25) is 12.3 Å². The molecule has 2 rings (SSSR count). The van der Waals surface area contributed by atoms with E-state index in [0.29, 0.717) is 13.2 Å². The number of halogens is 2. The van der Waals surface area contributed by atoms with Crippen molar-refractivity contribution in [2.45, 2.75) is 19.3 Å². The van der Waals surface area contributed by atoms with Crippen LogP contribution in [0.2, 0.25) is 0 Å². The molecule has 2 aliphatic heterocycles. The third-order valence-electron chi connectivity index (χ3n) is 3.15. The van der Waals surface area contributed by atoms with Crippen molar-refractivity contribution in [3.8, 4) is 0 Å². The summed E-state index contributed by atoms with van der Waals surface area (Å²) < 4.78 is 29.6. The number of amides is 1. The van der Waals surface area contributed by atoms with Gasteiger partial charge in [-0.25, -0.2) is 8.78 Å². The maximum Gasteiger partial charge on any atom is 0.244 e. The molecule has 0 bridgehead atoms. The molecular weight excluding hydrogens is 204 g/mol. The normalized spacial score (nSPS) is 24.3. The van der Waals surface area contributed by atoms with Crippen molar-refractivity contribution < 1.29 is 18.3 Å². The van der Waals surface area contributed by atoms with Crippen LogP contribution >= 0.6 is 0 Å². The van der Waals surface area contributed by atoms with E-state index >= 15 is 0 Å². The zero-order valence-electron chi connectivity index (χ0n) is 8.49. The zero-order valence-corrected chi connectivity index (χ0v) is 8.49. The Morgan fingerprint density at radius 2 is 1.87 bits per heavy atom. The highest BCUT2D eigenvalue weighted by atomic mass is 19.3. The van der Waals surface area contributed by atoms with Crippen molar-refractivity contribution in [1.29, 1.82) is 0 Å². The summed E-state index contributed by atoms with van der Waals surface area (Å²) in [7, 11) is 0. The van der Waals surface area contributed by atoms with E-state index in [1.165, 1.54) is 0 Å². The largest absolute Gasteiger partial charge is 0.381 e. The molecule has 1 amide bonds. The second kappa shape index (κ2) is 4.43. The van der Waals surface area contributed by atoms with Gasteiger partial charge in [-0.05, 0) is 12.8 Å². The molecule has 2 aliphatic rings. The Labute approximate surface area is 87.4 Å². The van der Waals surface area contributed by atoms with Crippen molar-refractivity contribution in [3.05, 3.63) is 0 Å². The second-order valence-corrected chi connectivity index (χ2v) is 4.22. The van der Waals surface area contributed by atoms with Crippen LogP contribution in [0.3, 0.4) is 0 Å². The summed E-state index contributed by atoms with van der Waals surface area (Å²) >= 11 is 0. The third kappa shape index (κ3) is 2.27. The topological polar surface area (TPSA) is 29.5 Å². The summed E-state index contributed by atoms with van der Waals surface area (Å²) in [6.07, 6.45) is -0.827. The summed E-state index contributed by atoms with van der Waals surface area (Å²) in [5, 5.41) is 0. The van der Waals surface area contributed by atoms with Crippen LogP contribution in [-0.2, 0) is 9.53 Å². The number of rotatable bonds is 2. The maximum atomic E-state index is 12.2. The zero-order chi connectivity index (χ0) is 10.8. The van der Waals surface area contributed by atoms with Gasteiger partial charge in [0, 0.05) is 32.2 Å². The minimum absolute atomic E-state index is 0.00243. The number of hydrogen-bond donors (Lipinski definition) is 0. The fourth-order valence-electron chi connectivity index (χ4n) is 2.05. The number of hydrogen-bond acceptors (Lipinski definition) is 2. The summed E-state index contributed by atoms with van der Waals surface area (Å²) in [5.74, 6) is -0.568. The molecule has 0 radical (unpaired) electrons. The lowest BCUT2D eigenvalue weighted by molar-refractivity contribution is -0.149. The van der Waals surface area contributed by atoms with Gasteiger partial charge in [0.25, 0.3) is 0 Å². The quantitative estimate of drug-likeness (QED) is 0.697. The lowest BCUT2D eigenvalue weighted by atomic mass is 9.93. The first kappa shape index (κ1) is 10.8. The van der Waals surface area contributed by atoms with Crippen molar-refractivity contribution in [2.24, 2.45) is 11.8 Å². The molecule has 15 heavy (non-hydrogen) atoms. The van der Waals surface area contributed by atoms with Crippen molar-refractivity contribution >= 4 is 5.91 Å². The molecule has 0 N–H and O–H groups in total. The van der Waals surface area contributed by atoms with E-state index in [9.17, 15) is 13.6 Å². The Balaban J connectivity index is 1.78. The molecule has 0 aromatic rings. The van der Waals surface area contributed by atoms with Crippen LogP contribution in [-0.4, -0.2) is 43.5 Å². The Morgan fingerprint density at radius 1 is 1.27 bits per heavy atom. The molecule has 5 heteroatoms. The smallest absolute Gasteiger partial charge is 0.244 e. The molecule has 0 spiro atoms. The highest BCUT2D eigenvalue weighted by Crippen LogP contribution is 2.26. The van der Waals surface area contributed by atoms with Crippen LogP contribution in [0, 0.1) is 11.8 Å². The van der Waals surface area contributed by atoms with Crippen LogP contribution < -0.4 is 0 Å². The molecule has 0 aromatic carbocycles. The summed E-state index contributed by atoms with van der Waals surface area (Å²) in [6, 6.07) is 0. The van der Waals surface area contributed by atoms with Crippen molar-refractivity contribution in [2.75, 3.05) is 26.3 Å². The fraction of sp³-hybridized carbons (Fsp3) is 0.900. The van der Waals surface area contributed by atoms with E-state index < -0.39 is 12.3 Å². The predicted octanol–water partition coefficient (Wildman–Crippen LogP) is 1.14. The first-order valence-corrected chi connectivity index (χ1v) is 5.33. The number of likely N-dealkylation sites (tertiary alicyclic amines) is 1. The SMILES string of the molecule is O=C(C1CCOCC1)N1CC(C(F)F)C1. The molecule has 2 fully saturated rings. The Hall–Kier alpha value is -0.710. The van der Waals surface area contributed by atoms with Gasteiger partial charge in [0.05, 0.1) is 5.92 Å². The van der Waals surface area contributed by atoms with Gasteiger partial charge in [-0.15, -0.1) is 0 Å². The molecule has 0 saturated carbocycles. The van der Waals surface area contributed by atoms with Gasteiger partial charge in [-0.3, -0.25) is 4.79 Å². The van der Waals surface area contributed by atoms with E-state index in [1.54, 1.807) is 4.90 Å². The minimum Gasteiger partial charge on any atom is -0.381 e. The van der Waals surface area contributed by atoms with Crippen LogP contribution in [0.25, 0.3) is 0 Å². The second-order valence-electron chi connectivity index (χ2n) is 4.22. The Bertz CT molecular complexity index is 236. The lowest BCUT2D eigenvalue weighted by Crippen LogP contribution is -2.54. The summed E-state index contributed by atoms with van der Waals surface area (Å²) in [5.41, 5.74) is 0. The van der Waals surface area contributed by atoms with Crippen molar-refractivity contribution in [1.82, 2.24) is 4.90 Å². The summed E-state index contributed by atoms with van der Waals surface area (Å²) in [6.45, 7) is 1.69. The molecule has 86 valence electrons. The molecule has 0 unspecified atom stereocenters. The fourth-order valence-corrected chi connectivity index (χ4v) is 2.05. The first-order chi connectivity index (χ1) is 7.18. The molecule has 0 aromatic heterocycles. The van der Waals surface area contributed by atoms with Gasteiger partial charge in [0.1, 0.15) is 0 Å². The van der Waals surface area contributed by atoms with Gasteiger partial charge >= 0.3 is 0 Å². The number of ether oxygens (including phenoxy) is 1. The van der Waals surface area contributed by atoms with Crippen LogP contribution in [0.4, 0.5) is 8.78 Å². The van der Waals surface area contributed by atoms with Crippen molar-refractivity contribution in [3.63, 3.8) is 0 Å². The highest BCUT2D eigenvalue weighted by molar-refractivity contribution is 5.79. The average molecular weight is 219 g/mol. The Morgan fingerprint density at radius 3 is 2.40 bits per heavy atom. The molecule has 2 heterocycles. The minimum atomic E-state index is -2.29. The number of carbonyl (C=O) groups is 1. The molecule has 0 aliphatic carbocycles. The van der Waals surface area contributed by atoms with Gasteiger partial charge < -0.3 is 9.64 Å². The van der Waals surface area contributed by atoms with E-state index in [1.807, 2.05) is 0 Å². The van der Waals surface area contributed by atoms with Gasteiger partial charge in [-0.2, -0.15) is 0 Å². The lowest BCUT2D eigenvalue weighted by Gasteiger charge is -2.41. The number of nitrogens with zero attached hydrogens (tertiary/aromatic N) is 1. The Kier molecular flexibility index (Phi) is 3.19. The van der Waals surface area contributed by atoms with Crippen LogP contribution in [0.15, 0.2) is 0 Å². The van der Waals surface area contributed by atoms with E-state index in [4.69, 9.17) is 4.74 Å². The highest BCUT2D eigenvalue weighted by Gasteiger charge is 2.39. The summed E-state index contributed by atoms with van der Waals surface area (Å²) in [4.78, 5) is 13.3. The van der Waals surface area contributed by atoms with Crippen LogP contribution in [0.5, 0.6) is 0 Å². The van der Waals surface area contributed by atoms with Crippen LogP contribution in [0.1, 0.15) is 12.8 Å². The molecule has 3 nitrogen and oxygen atoms in total. The van der Waals surface area contributed by atoms with E-state index in [-0.39, 0.29) is 24.9 Å². The third-order valence-corrected chi connectivity index (χ3v) is 3.15. The molecule has 0 atom stereocenters. The average Bonchev–Trinajstić information content (AvgIpc) is 2.16. The monoisotopic (exact) mass is 219 g/mol. The predicted molar refractivity (Wildman–Crippen MR) is 49.6 cm³/mol. The first-order valence-electron chi connectivity index (χ1n) is 5.33. The number of carbonyl (C=O) groups excluding carboxylic acids is 1. The van der Waals surface area contributed by atoms with E-state index in [2.05, 4.69) is 0 Å². The standard InChI is InChI=1S/C10H15F2NO2/c11-9(12)8-5-13(6-8)10(14)7-1-3-15-4-2-7/h7-9H,1-6H2. The maximum absolute atomic E-state index is 12.2. The number of alkyl halides is 2.